The maximum Gasteiger partial charge on any atom is 0.341 e. The molecule has 2 aromatic rings. The minimum atomic E-state index is -1.02. The van der Waals surface area contributed by atoms with Crippen molar-refractivity contribution in [1.29, 1.82) is 0 Å². The Morgan fingerprint density at radius 2 is 1.89 bits per heavy atom. The van der Waals surface area contributed by atoms with Crippen LogP contribution in [0.25, 0.3) is 0 Å². The van der Waals surface area contributed by atoms with E-state index in [2.05, 4.69) is 29.6 Å². The molecule has 3 unspecified atom stereocenters. The highest BCUT2D eigenvalue weighted by atomic mass is 16.5. The molecule has 2 aliphatic carbocycles. The van der Waals surface area contributed by atoms with Gasteiger partial charge in [-0.1, -0.05) is 24.3 Å². The summed E-state index contributed by atoms with van der Waals surface area (Å²) >= 11 is 0. The van der Waals surface area contributed by atoms with Crippen LogP contribution in [0.15, 0.2) is 36.4 Å². The second-order valence-corrected chi connectivity index (χ2v) is 7.55. The molecular formula is C22H23NO4. The van der Waals surface area contributed by atoms with Crippen LogP contribution >= 0.6 is 0 Å². The van der Waals surface area contributed by atoms with Crippen molar-refractivity contribution in [3.8, 4) is 5.75 Å². The van der Waals surface area contributed by atoms with Gasteiger partial charge in [0, 0.05) is 17.5 Å². The average Bonchev–Trinajstić information content (AvgIpc) is 3.34. The van der Waals surface area contributed by atoms with E-state index < -0.39 is 12.6 Å². The molecule has 2 aliphatic rings. The Bertz CT molecular complexity index is 897. The van der Waals surface area contributed by atoms with E-state index in [1.807, 2.05) is 13.8 Å². The highest BCUT2D eigenvalue weighted by molar-refractivity contribution is 5.95. The molecule has 5 heteroatoms. The van der Waals surface area contributed by atoms with Gasteiger partial charge in [-0.25, -0.2) is 4.79 Å². The summed E-state index contributed by atoms with van der Waals surface area (Å²) in [6.45, 7) is 3.26. The molecule has 27 heavy (non-hydrogen) atoms. The van der Waals surface area contributed by atoms with Gasteiger partial charge in [0.05, 0.1) is 0 Å². The van der Waals surface area contributed by atoms with Crippen LogP contribution in [-0.4, -0.2) is 29.6 Å². The Morgan fingerprint density at radius 1 is 1.19 bits per heavy atom. The van der Waals surface area contributed by atoms with Crippen molar-refractivity contribution in [3.63, 3.8) is 0 Å². The Kier molecular flexibility index (Phi) is 4.38. The lowest BCUT2D eigenvalue weighted by Gasteiger charge is -2.13. The van der Waals surface area contributed by atoms with Crippen molar-refractivity contribution in [3.05, 3.63) is 64.2 Å². The smallest absolute Gasteiger partial charge is 0.341 e. The molecule has 0 aromatic heterocycles. The number of hydrogen-bond acceptors (Lipinski definition) is 3. The molecule has 4 rings (SSSR count). The predicted molar refractivity (Wildman–Crippen MR) is 101 cm³/mol. The number of rotatable bonds is 5. The van der Waals surface area contributed by atoms with Crippen LogP contribution in [0.4, 0.5) is 0 Å². The van der Waals surface area contributed by atoms with E-state index in [9.17, 15) is 9.59 Å². The summed E-state index contributed by atoms with van der Waals surface area (Å²) in [7, 11) is 0. The van der Waals surface area contributed by atoms with Gasteiger partial charge in [0.2, 0.25) is 0 Å². The number of aryl methyl sites for hydroxylation is 3. The fourth-order valence-electron chi connectivity index (χ4n) is 4.44. The van der Waals surface area contributed by atoms with Gasteiger partial charge in [0.25, 0.3) is 5.91 Å². The monoisotopic (exact) mass is 365 g/mol. The second kappa shape index (κ2) is 6.72. The van der Waals surface area contributed by atoms with E-state index in [0.717, 1.165) is 24.0 Å². The van der Waals surface area contributed by atoms with Crippen molar-refractivity contribution in [2.45, 2.75) is 38.6 Å². The Balaban J connectivity index is 1.48. The number of ether oxygens (including phenoxy) is 1. The summed E-state index contributed by atoms with van der Waals surface area (Å²) in [5.41, 5.74) is 4.90. The third-order valence-electron chi connectivity index (χ3n) is 5.69. The summed E-state index contributed by atoms with van der Waals surface area (Å²) in [5.74, 6) is 0.390. The van der Waals surface area contributed by atoms with Crippen LogP contribution < -0.4 is 10.1 Å². The third kappa shape index (κ3) is 3.29. The first-order valence-electron chi connectivity index (χ1n) is 9.30. The quantitative estimate of drug-likeness (QED) is 0.853. The van der Waals surface area contributed by atoms with Crippen LogP contribution in [0.3, 0.4) is 0 Å². The molecule has 2 N–H and O–H groups in total. The van der Waals surface area contributed by atoms with Gasteiger partial charge in [-0.05, 0) is 67.0 Å². The summed E-state index contributed by atoms with van der Waals surface area (Å²) in [6.07, 6.45) is 2.20. The minimum absolute atomic E-state index is 0.0807. The van der Waals surface area contributed by atoms with Crippen LogP contribution in [-0.2, 0) is 11.2 Å². The normalized spacial score (nSPS) is 22.4. The molecule has 5 nitrogen and oxygen atoms in total. The maximum absolute atomic E-state index is 12.8. The molecule has 0 spiro atoms. The lowest BCUT2D eigenvalue weighted by Crippen LogP contribution is -2.27. The van der Waals surface area contributed by atoms with E-state index in [0.29, 0.717) is 23.1 Å². The predicted octanol–water partition coefficient (Wildman–Crippen LogP) is 3.23. The van der Waals surface area contributed by atoms with Gasteiger partial charge in [-0.3, -0.25) is 4.79 Å². The standard InChI is InChI=1S/C22H23NO4/c1-12-9-15(10-13(2)21(12)27-11-18(24)25)22(26)23-20-17-8-7-14-5-3-4-6-16(14)19(17)20/h3-6,9-10,17,19-20H,7-8,11H2,1-2H3,(H,23,26)(H,24,25). The first-order chi connectivity index (χ1) is 13.0. The van der Waals surface area contributed by atoms with Gasteiger partial charge < -0.3 is 15.2 Å². The fourth-order valence-corrected chi connectivity index (χ4v) is 4.44. The Labute approximate surface area is 158 Å². The number of fused-ring (bicyclic) bond motifs is 3. The van der Waals surface area contributed by atoms with Crippen molar-refractivity contribution in [2.24, 2.45) is 5.92 Å². The first-order valence-corrected chi connectivity index (χ1v) is 9.30. The topological polar surface area (TPSA) is 75.6 Å². The molecule has 140 valence electrons. The third-order valence-corrected chi connectivity index (χ3v) is 5.69. The van der Waals surface area contributed by atoms with Gasteiger partial charge in [-0.2, -0.15) is 0 Å². The second-order valence-electron chi connectivity index (χ2n) is 7.55. The summed E-state index contributed by atoms with van der Waals surface area (Å²) in [4.78, 5) is 23.5. The molecule has 2 aromatic carbocycles. The number of hydrogen-bond donors (Lipinski definition) is 2. The molecule has 0 heterocycles. The number of nitrogens with one attached hydrogen (secondary N) is 1. The van der Waals surface area contributed by atoms with E-state index >= 15 is 0 Å². The van der Waals surface area contributed by atoms with E-state index in [1.165, 1.54) is 11.1 Å². The van der Waals surface area contributed by atoms with E-state index in [1.54, 1.807) is 12.1 Å². The highest BCUT2D eigenvalue weighted by Crippen LogP contribution is 2.54. The molecule has 0 saturated heterocycles. The fraction of sp³-hybridized carbons (Fsp3) is 0.364. The summed E-state index contributed by atoms with van der Waals surface area (Å²) in [5, 5.41) is 12.0. The van der Waals surface area contributed by atoms with E-state index in [4.69, 9.17) is 9.84 Å². The molecule has 0 aliphatic heterocycles. The summed E-state index contributed by atoms with van der Waals surface area (Å²) < 4.78 is 5.34. The lowest BCUT2D eigenvalue weighted by atomic mass is 9.92. The van der Waals surface area contributed by atoms with E-state index in [-0.39, 0.29) is 11.9 Å². The van der Waals surface area contributed by atoms with Crippen molar-refractivity contribution < 1.29 is 19.4 Å². The number of carbonyl (C=O) groups is 2. The number of carbonyl (C=O) groups excluding carboxylic acids is 1. The Hall–Kier alpha value is -2.82. The van der Waals surface area contributed by atoms with Gasteiger partial charge in [0.1, 0.15) is 5.75 Å². The van der Waals surface area contributed by atoms with Gasteiger partial charge in [-0.15, -0.1) is 0 Å². The minimum Gasteiger partial charge on any atom is -0.481 e. The molecule has 0 radical (unpaired) electrons. The molecule has 1 saturated carbocycles. The number of amides is 1. The van der Waals surface area contributed by atoms with Crippen LogP contribution in [0.1, 0.15) is 45.0 Å². The van der Waals surface area contributed by atoms with Crippen LogP contribution in [0.5, 0.6) is 5.75 Å². The number of aliphatic carboxylic acids is 1. The number of carboxylic acids is 1. The first kappa shape index (κ1) is 17.6. The largest absolute Gasteiger partial charge is 0.481 e. The molecule has 1 fully saturated rings. The van der Waals surface area contributed by atoms with Crippen molar-refractivity contribution in [2.75, 3.05) is 6.61 Å². The SMILES string of the molecule is Cc1cc(C(=O)NC2C3CCc4ccccc4C32)cc(C)c1OCC(=O)O. The average molecular weight is 365 g/mol. The zero-order valence-electron chi connectivity index (χ0n) is 15.5. The van der Waals surface area contributed by atoms with Gasteiger partial charge >= 0.3 is 5.97 Å². The molecule has 0 bridgehead atoms. The van der Waals surface area contributed by atoms with Crippen LogP contribution in [0.2, 0.25) is 0 Å². The lowest BCUT2D eigenvalue weighted by molar-refractivity contribution is -0.139. The van der Waals surface area contributed by atoms with Gasteiger partial charge in [0.15, 0.2) is 6.61 Å². The molecule has 3 atom stereocenters. The van der Waals surface area contributed by atoms with Crippen LogP contribution in [0, 0.1) is 19.8 Å². The molecular weight excluding hydrogens is 342 g/mol. The zero-order chi connectivity index (χ0) is 19.1. The zero-order valence-corrected chi connectivity index (χ0v) is 15.5. The number of carboxylic acid groups (broad SMARTS) is 1. The number of benzene rings is 2. The molecule has 1 amide bonds. The Morgan fingerprint density at radius 3 is 2.59 bits per heavy atom. The maximum atomic E-state index is 12.8. The highest BCUT2D eigenvalue weighted by Gasteiger charge is 2.53. The summed E-state index contributed by atoms with van der Waals surface area (Å²) in [6, 6.07) is 12.2. The van der Waals surface area contributed by atoms with Crippen molar-refractivity contribution in [1.82, 2.24) is 5.32 Å². The van der Waals surface area contributed by atoms with Crippen molar-refractivity contribution >= 4 is 11.9 Å².